The highest BCUT2D eigenvalue weighted by Crippen LogP contribution is 2.22. The van der Waals surface area contributed by atoms with E-state index < -0.39 is 12.2 Å². The van der Waals surface area contributed by atoms with Crippen LogP contribution in [-0.2, 0) is 4.74 Å². The molecule has 0 saturated carbocycles. The summed E-state index contributed by atoms with van der Waals surface area (Å²) in [4.78, 5) is 23.3. The molecule has 2 rings (SSSR count). The van der Waals surface area contributed by atoms with Gasteiger partial charge < -0.3 is 10.5 Å². The molecule has 19 heavy (non-hydrogen) atoms. The predicted octanol–water partition coefficient (Wildman–Crippen LogP) is 2.71. The van der Waals surface area contributed by atoms with E-state index in [4.69, 9.17) is 10.5 Å². The zero-order valence-electron chi connectivity index (χ0n) is 10.2. The van der Waals surface area contributed by atoms with Crippen molar-refractivity contribution in [2.75, 3.05) is 0 Å². The third-order valence-electron chi connectivity index (χ3n) is 2.63. The van der Waals surface area contributed by atoms with Crippen molar-refractivity contribution in [1.82, 2.24) is 0 Å². The van der Waals surface area contributed by atoms with Gasteiger partial charge in [0.15, 0.2) is 6.10 Å². The molecular formula is C15H13NO3. The molecule has 0 spiro atoms. The fraction of sp³-hybridized carbons (Fsp3) is 0.0667. The maximum Gasteiger partial charge on any atom is 0.405 e. The second-order valence-electron chi connectivity index (χ2n) is 3.96. The number of benzene rings is 2. The smallest absolute Gasteiger partial charge is 0.405 e. The van der Waals surface area contributed by atoms with Gasteiger partial charge >= 0.3 is 6.09 Å². The van der Waals surface area contributed by atoms with E-state index in [0.29, 0.717) is 11.1 Å². The zero-order chi connectivity index (χ0) is 13.7. The first-order valence-corrected chi connectivity index (χ1v) is 5.79. The molecule has 0 aliphatic rings. The largest absolute Gasteiger partial charge is 0.433 e. The van der Waals surface area contributed by atoms with Crippen LogP contribution in [0.4, 0.5) is 4.79 Å². The van der Waals surface area contributed by atoms with Crippen LogP contribution in [0.5, 0.6) is 0 Å². The number of nitrogens with two attached hydrogens (primary N) is 1. The Morgan fingerprint density at radius 3 is 1.95 bits per heavy atom. The molecule has 2 aromatic rings. The van der Waals surface area contributed by atoms with Crippen molar-refractivity contribution in [3.05, 3.63) is 71.8 Å². The molecule has 2 N–H and O–H groups in total. The minimum absolute atomic E-state index is 0.300. The SMILES string of the molecule is NC(=O)OC(C(=O)c1ccccc1)c1ccccc1. The first-order chi connectivity index (χ1) is 9.18. The highest BCUT2D eigenvalue weighted by atomic mass is 16.6. The van der Waals surface area contributed by atoms with Crippen LogP contribution in [0.3, 0.4) is 0 Å². The summed E-state index contributed by atoms with van der Waals surface area (Å²) in [7, 11) is 0. The van der Waals surface area contributed by atoms with Crippen molar-refractivity contribution < 1.29 is 14.3 Å². The van der Waals surface area contributed by atoms with E-state index in [1.165, 1.54) is 0 Å². The molecule has 96 valence electrons. The van der Waals surface area contributed by atoms with Crippen molar-refractivity contribution >= 4 is 11.9 Å². The van der Waals surface area contributed by atoms with E-state index in [1.54, 1.807) is 48.5 Å². The molecule has 0 aliphatic carbocycles. The average Bonchev–Trinajstić information content (AvgIpc) is 2.46. The first kappa shape index (κ1) is 12.8. The van der Waals surface area contributed by atoms with Gasteiger partial charge in [0.2, 0.25) is 5.78 Å². The lowest BCUT2D eigenvalue weighted by atomic mass is 10.00. The van der Waals surface area contributed by atoms with E-state index >= 15 is 0 Å². The molecule has 0 aromatic heterocycles. The van der Waals surface area contributed by atoms with Crippen LogP contribution in [-0.4, -0.2) is 11.9 Å². The van der Waals surface area contributed by atoms with Gasteiger partial charge in [-0.05, 0) is 0 Å². The van der Waals surface area contributed by atoms with Crippen LogP contribution in [0.15, 0.2) is 60.7 Å². The van der Waals surface area contributed by atoms with E-state index in [1.807, 2.05) is 12.1 Å². The molecule has 0 bridgehead atoms. The molecule has 4 nitrogen and oxygen atoms in total. The second-order valence-corrected chi connectivity index (χ2v) is 3.96. The van der Waals surface area contributed by atoms with Gasteiger partial charge in [-0.15, -0.1) is 0 Å². The minimum atomic E-state index is -1.01. The summed E-state index contributed by atoms with van der Waals surface area (Å²) >= 11 is 0. The van der Waals surface area contributed by atoms with Gasteiger partial charge in [0.05, 0.1) is 0 Å². The third-order valence-corrected chi connectivity index (χ3v) is 2.63. The Bertz CT molecular complexity index is 566. The average molecular weight is 255 g/mol. The molecule has 0 radical (unpaired) electrons. The topological polar surface area (TPSA) is 69.4 Å². The Kier molecular flexibility index (Phi) is 3.93. The molecular weight excluding hydrogens is 242 g/mol. The Morgan fingerprint density at radius 1 is 0.895 bits per heavy atom. The van der Waals surface area contributed by atoms with Gasteiger partial charge in [-0.1, -0.05) is 60.7 Å². The summed E-state index contributed by atoms with van der Waals surface area (Å²) in [5, 5.41) is 0. The van der Waals surface area contributed by atoms with Gasteiger partial charge in [0, 0.05) is 11.1 Å². The van der Waals surface area contributed by atoms with Gasteiger partial charge in [0.25, 0.3) is 0 Å². The summed E-state index contributed by atoms with van der Waals surface area (Å²) in [5.74, 6) is -0.300. The Labute approximate surface area is 110 Å². The maximum absolute atomic E-state index is 12.3. The number of ketones is 1. The third kappa shape index (κ3) is 3.19. The summed E-state index contributed by atoms with van der Waals surface area (Å²) in [6, 6.07) is 17.4. The van der Waals surface area contributed by atoms with E-state index in [-0.39, 0.29) is 5.78 Å². The number of hydrogen-bond donors (Lipinski definition) is 1. The Balaban J connectivity index is 2.33. The van der Waals surface area contributed by atoms with E-state index in [0.717, 1.165) is 0 Å². The van der Waals surface area contributed by atoms with Gasteiger partial charge in [-0.3, -0.25) is 4.79 Å². The van der Waals surface area contributed by atoms with Crippen LogP contribution in [0.2, 0.25) is 0 Å². The standard InChI is InChI=1S/C15H13NO3/c16-15(18)19-14(12-9-5-2-6-10-12)13(17)11-7-3-1-4-8-11/h1-10,14H,(H2,16,18). The van der Waals surface area contributed by atoms with Crippen LogP contribution >= 0.6 is 0 Å². The van der Waals surface area contributed by atoms with Crippen molar-refractivity contribution in [2.24, 2.45) is 5.73 Å². The second kappa shape index (κ2) is 5.82. The lowest BCUT2D eigenvalue weighted by Crippen LogP contribution is -2.23. The van der Waals surface area contributed by atoms with Crippen molar-refractivity contribution in [3.8, 4) is 0 Å². The Morgan fingerprint density at radius 2 is 1.42 bits per heavy atom. The van der Waals surface area contributed by atoms with Gasteiger partial charge in [-0.2, -0.15) is 0 Å². The van der Waals surface area contributed by atoms with E-state index in [2.05, 4.69) is 0 Å². The van der Waals surface area contributed by atoms with Crippen LogP contribution in [0.1, 0.15) is 22.0 Å². The molecule has 0 heterocycles. The number of hydrogen-bond acceptors (Lipinski definition) is 3. The molecule has 2 aromatic carbocycles. The summed E-state index contributed by atoms with van der Waals surface area (Å²) in [5.41, 5.74) is 6.10. The van der Waals surface area contributed by atoms with Crippen LogP contribution < -0.4 is 5.73 Å². The molecule has 1 unspecified atom stereocenters. The molecule has 1 amide bonds. The summed E-state index contributed by atoms with van der Waals surface area (Å²) < 4.78 is 4.94. The van der Waals surface area contributed by atoms with Crippen molar-refractivity contribution in [1.29, 1.82) is 0 Å². The predicted molar refractivity (Wildman–Crippen MR) is 70.6 cm³/mol. The zero-order valence-corrected chi connectivity index (χ0v) is 10.2. The quantitative estimate of drug-likeness (QED) is 0.854. The minimum Gasteiger partial charge on any atom is -0.433 e. The molecule has 0 aliphatic heterocycles. The van der Waals surface area contributed by atoms with Gasteiger partial charge in [-0.25, -0.2) is 4.79 Å². The number of carbonyl (C=O) groups is 2. The number of ether oxygens (including phenoxy) is 1. The van der Waals surface area contributed by atoms with Crippen molar-refractivity contribution in [3.63, 3.8) is 0 Å². The monoisotopic (exact) mass is 255 g/mol. The highest BCUT2D eigenvalue weighted by Gasteiger charge is 2.24. The molecule has 1 atom stereocenters. The lowest BCUT2D eigenvalue weighted by molar-refractivity contribution is 0.0654. The number of rotatable bonds is 4. The molecule has 4 heteroatoms. The van der Waals surface area contributed by atoms with Gasteiger partial charge in [0.1, 0.15) is 0 Å². The van der Waals surface area contributed by atoms with E-state index in [9.17, 15) is 9.59 Å². The lowest BCUT2D eigenvalue weighted by Gasteiger charge is -2.15. The Hall–Kier alpha value is -2.62. The number of amides is 1. The maximum atomic E-state index is 12.3. The fourth-order valence-corrected chi connectivity index (χ4v) is 1.77. The normalized spacial score (nSPS) is 11.6. The number of primary amides is 1. The molecule has 0 saturated heterocycles. The molecule has 0 fully saturated rings. The van der Waals surface area contributed by atoms with Crippen LogP contribution in [0.25, 0.3) is 0 Å². The fourth-order valence-electron chi connectivity index (χ4n) is 1.77. The highest BCUT2D eigenvalue weighted by molar-refractivity contribution is 6.00. The summed E-state index contributed by atoms with van der Waals surface area (Å²) in [6.45, 7) is 0. The number of Topliss-reactive ketones (excluding diaryl/α,β-unsaturated/α-hetero) is 1. The van der Waals surface area contributed by atoms with Crippen LogP contribution in [0, 0.1) is 0 Å². The number of carbonyl (C=O) groups excluding carboxylic acids is 2. The summed E-state index contributed by atoms with van der Waals surface area (Å²) in [6.07, 6.45) is -1.99. The van der Waals surface area contributed by atoms with Crippen molar-refractivity contribution in [2.45, 2.75) is 6.10 Å². The first-order valence-electron chi connectivity index (χ1n) is 5.79.